The lowest BCUT2D eigenvalue weighted by molar-refractivity contribution is 0.634. The van der Waals surface area contributed by atoms with E-state index < -0.39 is 10.8 Å². The van der Waals surface area contributed by atoms with Crippen LogP contribution in [0.25, 0.3) is 49.7 Å². The monoisotopic (exact) mass is 670 g/mol. The molecular weight excluding hydrogens is 641 g/mol. The van der Waals surface area contributed by atoms with Crippen LogP contribution in [-0.4, -0.2) is 4.57 Å². The highest BCUT2D eigenvalue weighted by atomic mass is 15.0. The number of para-hydroxylation sites is 1. The first-order valence-corrected chi connectivity index (χ1v) is 18.3. The fourth-order valence-electron chi connectivity index (χ4n) is 10.7. The van der Waals surface area contributed by atoms with Gasteiger partial charge < -0.3 is 4.57 Å². The van der Waals surface area contributed by atoms with Crippen molar-refractivity contribution in [3.8, 4) is 34.0 Å². The molecule has 0 amide bonds. The molecule has 3 aliphatic rings. The standard InChI is InChI=1S/C51H30N2/c52-31-32-25-27-33(28-26-32)53-48-24-12-5-17-38(48)39-29-46-47(30-49(39)53)51(42-20-8-3-15-36(42)37-16-4-9-21-43(37)51)45-23-11-10-22-44(45)50(46)40-18-6-1-13-34(40)35-14-2-7-19-41(35)50/h1-30H. The number of nitriles is 1. The summed E-state index contributed by atoms with van der Waals surface area (Å²) in [6.07, 6.45) is 0. The first kappa shape index (κ1) is 28.7. The van der Waals surface area contributed by atoms with E-state index in [0.29, 0.717) is 5.56 Å². The molecule has 1 heterocycles. The molecule has 12 rings (SSSR count). The number of aromatic nitrogens is 1. The van der Waals surface area contributed by atoms with Crippen LogP contribution in [0, 0.1) is 11.3 Å². The largest absolute Gasteiger partial charge is 0.309 e. The predicted molar refractivity (Wildman–Crippen MR) is 214 cm³/mol. The second-order valence-electron chi connectivity index (χ2n) is 14.7. The molecular formula is C51H30N2. The lowest BCUT2D eigenvalue weighted by Crippen LogP contribution is -2.43. The highest BCUT2D eigenvalue weighted by Crippen LogP contribution is 2.67. The normalized spacial score (nSPS) is 14.7. The number of nitrogens with zero attached hydrogens (tertiary/aromatic N) is 2. The van der Waals surface area contributed by atoms with Crippen molar-refractivity contribution in [2.45, 2.75) is 10.8 Å². The van der Waals surface area contributed by atoms with Gasteiger partial charge in [-0.2, -0.15) is 5.26 Å². The maximum atomic E-state index is 9.68. The van der Waals surface area contributed by atoms with Crippen LogP contribution in [0.2, 0.25) is 0 Å². The van der Waals surface area contributed by atoms with Gasteiger partial charge >= 0.3 is 0 Å². The second kappa shape index (κ2) is 10.1. The van der Waals surface area contributed by atoms with Crippen LogP contribution in [0.5, 0.6) is 0 Å². The zero-order valence-electron chi connectivity index (χ0n) is 28.7. The Morgan fingerprint density at radius 2 is 0.774 bits per heavy atom. The third kappa shape index (κ3) is 3.30. The fourth-order valence-corrected chi connectivity index (χ4v) is 10.7. The summed E-state index contributed by atoms with van der Waals surface area (Å²) in [5.74, 6) is 0. The maximum absolute atomic E-state index is 9.68. The summed E-state index contributed by atoms with van der Waals surface area (Å²) in [5, 5.41) is 12.1. The summed E-state index contributed by atoms with van der Waals surface area (Å²) in [7, 11) is 0. The molecule has 1 aromatic heterocycles. The van der Waals surface area contributed by atoms with E-state index in [0.717, 1.165) is 16.7 Å². The SMILES string of the molecule is N#Cc1ccc(-n2c3ccccc3c3cc4c(cc32)C2(c3ccccc3-c3ccccc32)c2ccccc2C42c3ccccc3-c3ccccc32)cc1. The van der Waals surface area contributed by atoms with E-state index in [9.17, 15) is 5.26 Å². The number of hydrogen-bond acceptors (Lipinski definition) is 1. The van der Waals surface area contributed by atoms with Crippen molar-refractivity contribution in [2.75, 3.05) is 0 Å². The van der Waals surface area contributed by atoms with Gasteiger partial charge in [-0.1, -0.05) is 140 Å². The molecule has 0 fully saturated rings. The molecule has 2 nitrogen and oxygen atoms in total. The Morgan fingerprint density at radius 1 is 0.358 bits per heavy atom. The Balaban J connectivity index is 1.34. The molecule has 0 aliphatic heterocycles. The molecule has 244 valence electrons. The van der Waals surface area contributed by atoms with Gasteiger partial charge in [0.1, 0.15) is 0 Å². The molecule has 0 N–H and O–H groups in total. The van der Waals surface area contributed by atoms with Crippen LogP contribution in [0.4, 0.5) is 0 Å². The zero-order valence-corrected chi connectivity index (χ0v) is 28.7. The molecule has 0 unspecified atom stereocenters. The minimum Gasteiger partial charge on any atom is -0.309 e. The molecule has 2 heteroatoms. The molecule has 0 atom stereocenters. The van der Waals surface area contributed by atoms with Gasteiger partial charge in [-0.25, -0.2) is 0 Å². The lowest BCUT2D eigenvalue weighted by Gasteiger charge is -2.49. The first-order valence-electron chi connectivity index (χ1n) is 18.3. The van der Waals surface area contributed by atoms with E-state index in [1.165, 1.54) is 77.5 Å². The van der Waals surface area contributed by atoms with E-state index in [-0.39, 0.29) is 0 Å². The Labute approximate surface area is 307 Å². The minimum absolute atomic E-state index is 0.539. The van der Waals surface area contributed by atoms with Crippen LogP contribution in [0.1, 0.15) is 50.1 Å². The Hall–Kier alpha value is -6.95. The summed E-state index contributed by atoms with van der Waals surface area (Å²) >= 11 is 0. The Kier molecular flexibility index (Phi) is 5.47. The van der Waals surface area contributed by atoms with Crippen molar-refractivity contribution in [3.05, 3.63) is 232 Å². The van der Waals surface area contributed by atoms with E-state index >= 15 is 0 Å². The van der Waals surface area contributed by atoms with Gasteiger partial charge in [-0.15, -0.1) is 0 Å². The lowest BCUT2D eigenvalue weighted by atomic mass is 9.52. The van der Waals surface area contributed by atoms with Crippen molar-refractivity contribution in [3.63, 3.8) is 0 Å². The molecule has 53 heavy (non-hydrogen) atoms. The average Bonchev–Trinajstić information content (AvgIpc) is 3.83. The summed E-state index contributed by atoms with van der Waals surface area (Å²) < 4.78 is 2.40. The maximum Gasteiger partial charge on any atom is 0.0991 e. The average molecular weight is 671 g/mol. The predicted octanol–water partition coefficient (Wildman–Crippen LogP) is 11.7. The van der Waals surface area contributed by atoms with Crippen LogP contribution < -0.4 is 0 Å². The van der Waals surface area contributed by atoms with Gasteiger partial charge in [-0.05, 0) is 109 Å². The van der Waals surface area contributed by atoms with E-state index in [1.54, 1.807) is 0 Å². The zero-order chi connectivity index (χ0) is 34.9. The molecule has 0 saturated carbocycles. The molecule has 0 radical (unpaired) electrons. The summed E-state index contributed by atoms with van der Waals surface area (Å²) in [4.78, 5) is 0. The van der Waals surface area contributed by atoms with Gasteiger partial charge in [0.2, 0.25) is 0 Å². The summed E-state index contributed by atoms with van der Waals surface area (Å²) in [6.45, 7) is 0. The van der Waals surface area contributed by atoms with Crippen molar-refractivity contribution in [1.82, 2.24) is 4.57 Å². The highest BCUT2D eigenvalue weighted by molar-refractivity contribution is 6.11. The number of hydrogen-bond donors (Lipinski definition) is 0. The van der Waals surface area contributed by atoms with Crippen molar-refractivity contribution < 1.29 is 0 Å². The van der Waals surface area contributed by atoms with E-state index in [1.807, 2.05) is 12.1 Å². The highest BCUT2D eigenvalue weighted by Gasteiger charge is 2.59. The first-order chi connectivity index (χ1) is 26.3. The quantitative estimate of drug-likeness (QED) is 0.171. The van der Waals surface area contributed by atoms with Crippen LogP contribution in [0.3, 0.4) is 0 Å². The van der Waals surface area contributed by atoms with Gasteiger partial charge in [0.15, 0.2) is 0 Å². The van der Waals surface area contributed by atoms with Gasteiger partial charge in [0, 0.05) is 16.5 Å². The molecule has 0 bridgehead atoms. The van der Waals surface area contributed by atoms with Crippen molar-refractivity contribution in [1.29, 1.82) is 5.26 Å². The smallest absolute Gasteiger partial charge is 0.0991 e. The van der Waals surface area contributed by atoms with Crippen LogP contribution in [0.15, 0.2) is 182 Å². The third-order valence-corrected chi connectivity index (χ3v) is 12.5. The van der Waals surface area contributed by atoms with Crippen LogP contribution >= 0.6 is 0 Å². The van der Waals surface area contributed by atoms with Gasteiger partial charge in [0.25, 0.3) is 0 Å². The van der Waals surface area contributed by atoms with E-state index in [4.69, 9.17) is 0 Å². The Bertz CT molecular complexity index is 2990. The van der Waals surface area contributed by atoms with Crippen LogP contribution in [-0.2, 0) is 10.8 Å². The molecule has 2 spiro atoms. The van der Waals surface area contributed by atoms with Gasteiger partial charge in [-0.3, -0.25) is 0 Å². The molecule has 9 aromatic rings. The second-order valence-corrected chi connectivity index (χ2v) is 14.7. The van der Waals surface area contributed by atoms with Crippen molar-refractivity contribution >= 4 is 21.8 Å². The molecule has 3 aliphatic carbocycles. The molecule has 8 aromatic carbocycles. The Morgan fingerprint density at radius 3 is 1.26 bits per heavy atom. The fraction of sp³-hybridized carbons (Fsp3) is 0.0392. The van der Waals surface area contributed by atoms with Crippen molar-refractivity contribution in [2.24, 2.45) is 0 Å². The topological polar surface area (TPSA) is 28.7 Å². The third-order valence-electron chi connectivity index (χ3n) is 12.5. The number of fused-ring (bicyclic) bond motifs is 19. The molecule has 0 saturated heterocycles. The van der Waals surface area contributed by atoms with Gasteiger partial charge in [0.05, 0.1) is 33.5 Å². The number of benzene rings is 8. The summed E-state index contributed by atoms with van der Waals surface area (Å²) in [6, 6.07) is 69.8. The summed E-state index contributed by atoms with van der Waals surface area (Å²) in [5.41, 5.74) is 18.7. The van der Waals surface area contributed by atoms with E-state index in [2.05, 4.69) is 180 Å². The minimum atomic E-state index is -0.559. The number of rotatable bonds is 1.